The lowest BCUT2D eigenvalue weighted by Gasteiger charge is -2.29. The Bertz CT molecular complexity index is 1170. The number of rotatable bonds is 10. The highest BCUT2D eigenvalue weighted by molar-refractivity contribution is 5.83. The van der Waals surface area contributed by atoms with E-state index >= 15 is 0 Å². The van der Waals surface area contributed by atoms with Crippen molar-refractivity contribution in [2.24, 2.45) is 11.8 Å². The van der Waals surface area contributed by atoms with Crippen molar-refractivity contribution in [2.45, 2.75) is 78.4 Å². The van der Waals surface area contributed by atoms with E-state index in [1.54, 1.807) is 0 Å². The molecule has 1 heterocycles. The van der Waals surface area contributed by atoms with Gasteiger partial charge in [-0.25, -0.2) is 9.18 Å². The molecule has 0 aliphatic heterocycles. The van der Waals surface area contributed by atoms with Crippen molar-refractivity contribution >= 4 is 5.97 Å². The van der Waals surface area contributed by atoms with Crippen molar-refractivity contribution < 1.29 is 18.7 Å². The number of hydrogen-bond donors (Lipinski definition) is 0. The lowest BCUT2D eigenvalue weighted by molar-refractivity contribution is -0.160. The van der Waals surface area contributed by atoms with Crippen molar-refractivity contribution in [3.05, 3.63) is 66.1 Å². The number of benzene rings is 2. The fraction of sp³-hybridized carbons (Fsp3) is 0.500. The van der Waals surface area contributed by atoms with Crippen LogP contribution >= 0.6 is 0 Å². The number of aromatic nitrogens is 2. The van der Waals surface area contributed by atoms with Crippen molar-refractivity contribution in [1.29, 1.82) is 0 Å². The monoisotopic (exact) mass is 520 g/mol. The summed E-state index contributed by atoms with van der Waals surface area (Å²) in [5, 5.41) is 5.13. The minimum Gasteiger partial charge on any atom is -0.458 e. The third-order valence-corrected chi connectivity index (χ3v) is 7.08. The first-order chi connectivity index (χ1) is 18.2. The van der Waals surface area contributed by atoms with Gasteiger partial charge in [0, 0.05) is 17.7 Å². The minimum atomic E-state index is -0.491. The molecule has 0 amide bonds. The normalized spacial score (nSPS) is 17.9. The Kier molecular flexibility index (Phi) is 9.37. The molecule has 1 aromatic heterocycles. The van der Waals surface area contributed by atoms with E-state index in [-0.39, 0.29) is 18.4 Å². The molecule has 3 aromatic rings. The van der Waals surface area contributed by atoms with Crippen LogP contribution in [0.15, 0.2) is 54.6 Å². The van der Waals surface area contributed by atoms with Gasteiger partial charge in [-0.2, -0.15) is 5.10 Å². The summed E-state index contributed by atoms with van der Waals surface area (Å²) in [6, 6.07) is 17.2. The summed E-state index contributed by atoms with van der Waals surface area (Å²) in [6.07, 6.45) is 6.22. The number of aryl methyl sites for hydroxylation is 1. The Morgan fingerprint density at radius 1 is 0.974 bits per heavy atom. The van der Waals surface area contributed by atoms with Crippen LogP contribution in [0.4, 0.5) is 4.39 Å². The van der Waals surface area contributed by atoms with E-state index < -0.39 is 5.60 Å². The molecular formula is C32H41FN2O3. The molecule has 1 fully saturated rings. The maximum absolute atomic E-state index is 13.8. The van der Waals surface area contributed by atoms with Crippen LogP contribution < -0.4 is 0 Å². The van der Waals surface area contributed by atoms with Gasteiger partial charge in [-0.15, -0.1) is 0 Å². The lowest BCUT2D eigenvalue weighted by Crippen LogP contribution is -2.28. The van der Waals surface area contributed by atoms with Gasteiger partial charge in [-0.05, 0) is 94.5 Å². The molecule has 4 rings (SSSR count). The zero-order valence-corrected chi connectivity index (χ0v) is 23.2. The van der Waals surface area contributed by atoms with Crippen LogP contribution in [0, 0.1) is 17.7 Å². The van der Waals surface area contributed by atoms with Crippen LogP contribution in [0.1, 0.15) is 65.5 Å². The third-order valence-electron chi connectivity index (χ3n) is 7.08. The zero-order valence-electron chi connectivity index (χ0n) is 23.2. The molecular weight excluding hydrogens is 479 g/mol. The molecule has 1 saturated carbocycles. The number of carbonyl (C=O) groups excluding carboxylic acids is 1. The largest absolute Gasteiger partial charge is 0.458 e. The van der Waals surface area contributed by atoms with E-state index in [1.807, 2.05) is 39.0 Å². The van der Waals surface area contributed by atoms with Crippen LogP contribution in [0.3, 0.4) is 0 Å². The predicted molar refractivity (Wildman–Crippen MR) is 149 cm³/mol. The maximum atomic E-state index is 13.8. The van der Waals surface area contributed by atoms with Gasteiger partial charge >= 0.3 is 5.97 Å². The number of halogens is 1. The van der Waals surface area contributed by atoms with Gasteiger partial charge < -0.3 is 9.47 Å². The number of esters is 1. The second-order valence-electron chi connectivity index (χ2n) is 11.5. The van der Waals surface area contributed by atoms with Gasteiger partial charge in [0.2, 0.25) is 0 Å². The average molecular weight is 521 g/mol. The smallest absolute Gasteiger partial charge is 0.332 e. The molecule has 0 radical (unpaired) electrons. The molecule has 0 atom stereocenters. The number of carbonyl (C=O) groups is 1. The molecule has 0 unspecified atom stereocenters. The van der Waals surface area contributed by atoms with E-state index in [1.165, 1.54) is 12.1 Å². The second-order valence-corrected chi connectivity index (χ2v) is 11.5. The van der Waals surface area contributed by atoms with E-state index in [2.05, 4.69) is 35.9 Å². The first-order valence-corrected chi connectivity index (χ1v) is 13.9. The minimum absolute atomic E-state index is 0.00792. The first kappa shape index (κ1) is 28.0. The highest BCUT2D eigenvalue weighted by atomic mass is 19.1. The van der Waals surface area contributed by atoms with Gasteiger partial charge in [-0.1, -0.05) is 43.7 Å². The van der Waals surface area contributed by atoms with Crippen LogP contribution in [-0.4, -0.2) is 34.6 Å². The van der Waals surface area contributed by atoms with Crippen LogP contribution in [0.2, 0.25) is 0 Å². The molecule has 38 heavy (non-hydrogen) atoms. The topological polar surface area (TPSA) is 53.4 Å². The van der Waals surface area contributed by atoms with Crippen molar-refractivity contribution in [3.63, 3.8) is 0 Å². The Morgan fingerprint density at radius 3 is 2.26 bits per heavy atom. The summed E-state index contributed by atoms with van der Waals surface area (Å²) in [5.41, 5.74) is 4.97. The lowest BCUT2D eigenvalue weighted by atomic mass is 9.82. The number of ether oxygens (including phenoxy) is 2. The summed E-state index contributed by atoms with van der Waals surface area (Å²) in [4.78, 5) is 11.9. The molecule has 0 N–H and O–H groups in total. The van der Waals surface area contributed by atoms with Crippen LogP contribution in [0.25, 0.3) is 22.4 Å². The summed E-state index contributed by atoms with van der Waals surface area (Å²) >= 11 is 0. The van der Waals surface area contributed by atoms with Gasteiger partial charge in [0.15, 0.2) is 0 Å². The van der Waals surface area contributed by atoms with Crippen molar-refractivity contribution in [3.8, 4) is 22.4 Å². The Morgan fingerprint density at radius 2 is 1.63 bits per heavy atom. The molecule has 2 aromatic carbocycles. The van der Waals surface area contributed by atoms with Crippen LogP contribution in [0.5, 0.6) is 0 Å². The van der Waals surface area contributed by atoms with Crippen LogP contribution in [-0.2, 0) is 27.2 Å². The quantitative estimate of drug-likeness (QED) is 0.260. The molecule has 0 bridgehead atoms. The standard InChI is InChI=1S/C32H41FN2O3/c1-5-9-28-30(25-10-7-6-8-11-25)31(26-16-18-27(33)19-17-26)35(34-28)20-23-12-14-24(15-13-23)21-37-22-29(36)38-32(2,3)4/h6-8,10-11,16-19,23-24H,5,9,12-15,20-22H2,1-4H3. The molecule has 204 valence electrons. The highest BCUT2D eigenvalue weighted by Crippen LogP contribution is 2.38. The Labute approximate surface area is 226 Å². The SMILES string of the molecule is CCCc1nn(CC2CCC(COCC(=O)OC(C)(C)C)CC2)c(-c2ccc(F)cc2)c1-c1ccccc1. The van der Waals surface area contributed by atoms with Gasteiger partial charge in [0.05, 0.1) is 18.0 Å². The first-order valence-electron chi connectivity index (χ1n) is 13.9. The molecule has 6 heteroatoms. The second kappa shape index (κ2) is 12.7. The van der Waals surface area contributed by atoms with E-state index in [9.17, 15) is 9.18 Å². The van der Waals surface area contributed by atoms with Gasteiger partial charge in [0.1, 0.15) is 18.0 Å². The van der Waals surface area contributed by atoms with Crippen molar-refractivity contribution in [1.82, 2.24) is 9.78 Å². The molecule has 1 aliphatic rings. The zero-order chi connectivity index (χ0) is 27.1. The molecule has 0 spiro atoms. The summed E-state index contributed by atoms with van der Waals surface area (Å²) < 4.78 is 27.0. The Hall–Kier alpha value is -2.99. The third kappa shape index (κ3) is 7.53. The van der Waals surface area contributed by atoms with E-state index in [4.69, 9.17) is 14.6 Å². The summed E-state index contributed by atoms with van der Waals surface area (Å²) in [6.45, 7) is 9.20. The molecule has 5 nitrogen and oxygen atoms in total. The summed E-state index contributed by atoms with van der Waals surface area (Å²) in [5.74, 6) is 0.421. The maximum Gasteiger partial charge on any atom is 0.332 e. The fourth-order valence-electron chi connectivity index (χ4n) is 5.37. The average Bonchev–Trinajstić information content (AvgIpc) is 3.22. The molecule has 0 saturated heterocycles. The van der Waals surface area contributed by atoms with Crippen molar-refractivity contribution in [2.75, 3.05) is 13.2 Å². The number of hydrogen-bond acceptors (Lipinski definition) is 4. The van der Waals surface area contributed by atoms with Gasteiger partial charge in [-0.3, -0.25) is 4.68 Å². The fourth-order valence-corrected chi connectivity index (χ4v) is 5.37. The van der Waals surface area contributed by atoms with Gasteiger partial charge in [0.25, 0.3) is 0 Å². The highest BCUT2D eigenvalue weighted by Gasteiger charge is 2.26. The number of nitrogens with zero attached hydrogens (tertiary/aromatic N) is 2. The predicted octanol–water partition coefficient (Wildman–Crippen LogP) is 7.47. The Balaban J connectivity index is 1.47. The molecule has 1 aliphatic carbocycles. The van der Waals surface area contributed by atoms with E-state index in [0.29, 0.717) is 18.4 Å². The van der Waals surface area contributed by atoms with E-state index in [0.717, 1.165) is 73.1 Å². The summed E-state index contributed by atoms with van der Waals surface area (Å²) in [7, 11) is 0.